The van der Waals surface area contributed by atoms with Crippen LogP contribution >= 0.6 is 0 Å². The zero-order valence-electron chi connectivity index (χ0n) is 20.0. The summed E-state index contributed by atoms with van der Waals surface area (Å²) in [6.45, 7) is 6.77. The third kappa shape index (κ3) is 7.72. The molecule has 0 aliphatic carbocycles. The monoisotopic (exact) mass is 488 g/mol. The summed E-state index contributed by atoms with van der Waals surface area (Å²) >= 11 is 0. The van der Waals surface area contributed by atoms with Crippen LogP contribution in [0.5, 0.6) is 0 Å². The van der Waals surface area contributed by atoms with E-state index in [0.717, 1.165) is 0 Å². The Morgan fingerprint density at radius 2 is 1.32 bits per heavy atom. The maximum absolute atomic E-state index is 12.9. The molecule has 194 valence electrons. The van der Waals surface area contributed by atoms with Gasteiger partial charge in [-0.15, -0.1) is 0 Å². The lowest BCUT2D eigenvalue weighted by molar-refractivity contribution is -0.139. The maximum Gasteiger partial charge on any atom is 0.245 e. The fourth-order valence-corrected chi connectivity index (χ4v) is 3.14. The summed E-state index contributed by atoms with van der Waals surface area (Å²) in [7, 11) is 0. The smallest absolute Gasteiger partial charge is 0.245 e. The topological polar surface area (TPSA) is 221 Å². The molecular weight excluding hydrogens is 452 g/mol. The summed E-state index contributed by atoms with van der Waals surface area (Å²) in [5.74, 6) is -5.58. The van der Waals surface area contributed by atoms with Crippen LogP contribution in [-0.2, 0) is 28.7 Å². The molecular formula is C21H36N4O9. The number of hydrogen-bond acceptors (Lipinski definition) is 9. The van der Waals surface area contributed by atoms with Gasteiger partial charge in [-0.05, 0) is 33.1 Å². The van der Waals surface area contributed by atoms with Gasteiger partial charge in [0, 0.05) is 0 Å². The molecule has 0 spiro atoms. The van der Waals surface area contributed by atoms with Crippen molar-refractivity contribution in [1.82, 2.24) is 16.0 Å². The van der Waals surface area contributed by atoms with Crippen molar-refractivity contribution in [2.75, 3.05) is 13.2 Å². The summed E-state index contributed by atoms with van der Waals surface area (Å²) in [4.78, 5) is 61.8. The fourth-order valence-electron chi connectivity index (χ4n) is 3.14. The van der Waals surface area contributed by atoms with Gasteiger partial charge in [-0.25, -0.2) is 0 Å². The van der Waals surface area contributed by atoms with Crippen molar-refractivity contribution >= 4 is 29.4 Å². The molecule has 1 aliphatic rings. The van der Waals surface area contributed by atoms with Crippen LogP contribution in [0.15, 0.2) is 0 Å². The minimum atomic E-state index is -1.56. The summed E-state index contributed by atoms with van der Waals surface area (Å²) in [6, 6.07) is -4.16. The van der Waals surface area contributed by atoms with Gasteiger partial charge < -0.3 is 41.7 Å². The predicted molar refractivity (Wildman–Crippen MR) is 118 cm³/mol. The zero-order chi connectivity index (χ0) is 26.4. The molecule has 0 radical (unpaired) electrons. The van der Waals surface area contributed by atoms with Crippen molar-refractivity contribution < 1.29 is 44.0 Å². The quantitative estimate of drug-likeness (QED) is 0.0959. The number of Topliss-reactive ketones (excluding diaryl/α,β-unsaturated/α-hetero) is 1. The molecule has 1 saturated heterocycles. The van der Waals surface area contributed by atoms with Crippen LogP contribution in [0.1, 0.15) is 41.0 Å². The van der Waals surface area contributed by atoms with E-state index in [1.165, 1.54) is 20.8 Å². The van der Waals surface area contributed by atoms with E-state index < -0.39 is 77.9 Å². The molecule has 8 N–H and O–H groups in total. The molecule has 1 heterocycles. The lowest BCUT2D eigenvalue weighted by Crippen LogP contribution is -2.62. The highest BCUT2D eigenvalue weighted by Crippen LogP contribution is 2.30. The van der Waals surface area contributed by atoms with Crippen molar-refractivity contribution in [1.29, 1.82) is 0 Å². The average Bonchev–Trinajstić information content (AvgIpc) is 3.54. The van der Waals surface area contributed by atoms with Crippen LogP contribution in [0.3, 0.4) is 0 Å². The number of ketones is 1. The van der Waals surface area contributed by atoms with Crippen LogP contribution < -0.4 is 21.7 Å². The Morgan fingerprint density at radius 1 is 0.882 bits per heavy atom. The van der Waals surface area contributed by atoms with E-state index >= 15 is 0 Å². The number of nitrogens with two attached hydrogens (primary N) is 1. The number of carbonyl (C=O) groups is 5. The Bertz CT molecular complexity index is 780. The molecule has 0 aromatic carbocycles. The lowest BCUT2D eigenvalue weighted by atomic mass is 9.92. The van der Waals surface area contributed by atoms with Gasteiger partial charge in [-0.2, -0.15) is 0 Å². The van der Waals surface area contributed by atoms with E-state index in [-0.39, 0.29) is 18.9 Å². The number of carbonyl (C=O) groups excluding carboxylic acids is 5. The van der Waals surface area contributed by atoms with Crippen molar-refractivity contribution in [3.05, 3.63) is 0 Å². The van der Waals surface area contributed by atoms with Crippen molar-refractivity contribution in [2.45, 2.75) is 77.0 Å². The second-order valence-corrected chi connectivity index (χ2v) is 9.07. The second kappa shape index (κ2) is 12.2. The molecule has 13 heteroatoms. The number of hydrogen-bond donors (Lipinski definition) is 7. The molecule has 1 fully saturated rings. The number of aliphatic hydroxyl groups excluding tert-OH is 3. The van der Waals surface area contributed by atoms with Crippen LogP contribution in [0.25, 0.3) is 0 Å². The highest BCUT2D eigenvalue weighted by atomic mass is 16.6. The highest BCUT2D eigenvalue weighted by molar-refractivity contribution is 6.02. The standard InChI is InChI=1S/C21H36N4O9/c1-9(2)6-13(16(29)21(7-26)8-34-21)23-19(32)14(11(4)27)25-20(33)15(12(5)28)24-18(31)10(3)17(22)30/h9-15,26-28H,6-8H2,1-5H3,(H2,22,30)(H,23,32)(H,24,31)(H,25,33)/t10-,11-,12+,13-,14+,15+,21+/m1/s1. The molecule has 1 aliphatic heterocycles. The van der Waals surface area contributed by atoms with E-state index in [1.54, 1.807) is 0 Å². The summed E-state index contributed by atoms with van der Waals surface area (Å²) in [6.07, 6.45) is -2.63. The maximum atomic E-state index is 12.9. The minimum absolute atomic E-state index is 0.0167. The normalized spacial score (nSPS) is 22.5. The molecule has 4 amide bonds. The van der Waals surface area contributed by atoms with Gasteiger partial charge in [0.2, 0.25) is 23.6 Å². The zero-order valence-corrected chi connectivity index (χ0v) is 20.0. The average molecular weight is 489 g/mol. The van der Waals surface area contributed by atoms with E-state index in [4.69, 9.17) is 10.5 Å². The van der Waals surface area contributed by atoms with E-state index in [2.05, 4.69) is 16.0 Å². The van der Waals surface area contributed by atoms with Gasteiger partial charge >= 0.3 is 0 Å². The Balaban J connectivity index is 3.00. The molecule has 0 aromatic heterocycles. The first-order valence-corrected chi connectivity index (χ1v) is 11.0. The van der Waals surface area contributed by atoms with Gasteiger partial charge in [0.1, 0.15) is 18.0 Å². The highest BCUT2D eigenvalue weighted by Gasteiger charge is 2.54. The minimum Gasteiger partial charge on any atom is -0.393 e. The van der Waals surface area contributed by atoms with Gasteiger partial charge in [0.15, 0.2) is 11.4 Å². The SMILES string of the molecule is CC(C)C[C@@H](NC(=O)[C@@H](NC(=O)[C@@H](NC(=O)[C@H](C)C(N)=O)[C@H](C)O)[C@@H](C)O)C(=O)[C@]1(CO)CO1. The molecule has 1 rings (SSSR count). The number of amides is 4. The first kappa shape index (κ1) is 29.4. The Kier molecular flexibility index (Phi) is 10.6. The van der Waals surface area contributed by atoms with Crippen LogP contribution in [0, 0.1) is 11.8 Å². The number of primary amides is 1. The molecule has 34 heavy (non-hydrogen) atoms. The molecule has 0 unspecified atom stereocenters. The molecule has 0 aromatic rings. The Labute approximate surface area is 197 Å². The Hall–Kier alpha value is -2.61. The molecule has 7 atom stereocenters. The largest absolute Gasteiger partial charge is 0.393 e. The van der Waals surface area contributed by atoms with Gasteiger partial charge in [-0.1, -0.05) is 13.8 Å². The number of rotatable bonds is 14. The first-order valence-electron chi connectivity index (χ1n) is 11.0. The van der Waals surface area contributed by atoms with Crippen LogP contribution in [0.2, 0.25) is 0 Å². The third-order valence-corrected chi connectivity index (χ3v) is 5.48. The number of aliphatic hydroxyl groups is 3. The van der Waals surface area contributed by atoms with Crippen LogP contribution in [-0.4, -0.2) is 93.9 Å². The first-order chi connectivity index (χ1) is 15.7. The van der Waals surface area contributed by atoms with E-state index in [0.29, 0.717) is 0 Å². The van der Waals surface area contributed by atoms with Gasteiger partial charge in [-0.3, -0.25) is 24.0 Å². The molecule has 13 nitrogen and oxygen atoms in total. The van der Waals surface area contributed by atoms with E-state index in [1.807, 2.05) is 13.8 Å². The van der Waals surface area contributed by atoms with E-state index in [9.17, 15) is 39.3 Å². The molecule has 0 saturated carbocycles. The molecule has 0 bridgehead atoms. The third-order valence-electron chi connectivity index (χ3n) is 5.48. The summed E-state index contributed by atoms with van der Waals surface area (Å²) < 4.78 is 5.08. The summed E-state index contributed by atoms with van der Waals surface area (Å²) in [5.41, 5.74) is 3.69. The van der Waals surface area contributed by atoms with Gasteiger partial charge in [0.05, 0.1) is 31.5 Å². The van der Waals surface area contributed by atoms with Crippen molar-refractivity contribution in [2.24, 2.45) is 17.6 Å². The summed E-state index contributed by atoms with van der Waals surface area (Å²) in [5, 5.41) is 36.5. The fraction of sp³-hybridized carbons (Fsp3) is 0.762. The number of epoxide rings is 1. The number of nitrogens with one attached hydrogen (secondary N) is 3. The second-order valence-electron chi connectivity index (χ2n) is 9.07. The number of ether oxygens (including phenoxy) is 1. The van der Waals surface area contributed by atoms with Crippen molar-refractivity contribution in [3.8, 4) is 0 Å². The predicted octanol–water partition coefficient (Wildman–Crippen LogP) is -3.30. The van der Waals surface area contributed by atoms with Gasteiger partial charge in [0.25, 0.3) is 0 Å². The van der Waals surface area contributed by atoms with Crippen molar-refractivity contribution in [3.63, 3.8) is 0 Å². The Morgan fingerprint density at radius 3 is 1.68 bits per heavy atom. The van der Waals surface area contributed by atoms with Crippen LogP contribution in [0.4, 0.5) is 0 Å². The lowest BCUT2D eigenvalue weighted by Gasteiger charge is -2.28.